The van der Waals surface area contributed by atoms with E-state index < -0.39 is 5.97 Å². The van der Waals surface area contributed by atoms with Crippen molar-refractivity contribution in [2.75, 3.05) is 26.2 Å². The maximum Gasteiger partial charge on any atom is 0.307 e. The van der Waals surface area contributed by atoms with Gasteiger partial charge in [-0.25, -0.2) is 9.97 Å². The van der Waals surface area contributed by atoms with Gasteiger partial charge in [-0.1, -0.05) is 48.9 Å². The number of likely N-dealkylation sites (tertiary alicyclic amines) is 1. The highest BCUT2D eigenvalue weighted by atomic mass is 35.5. The molecule has 4 heterocycles. The first-order valence-electron chi connectivity index (χ1n) is 15.2. The minimum absolute atomic E-state index is 0.314. The van der Waals surface area contributed by atoms with Crippen molar-refractivity contribution < 1.29 is 14.3 Å². The topological polar surface area (TPSA) is 82.7 Å². The fourth-order valence-electron chi connectivity index (χ4n) is 6.64. The second kappa shape index (κ2) is 11.7. The third-order valence-electron chi connectivity index (χ3n) is 9.21. The third kappa shape index (κ3) is 5.34. The SMILES string of the molecule is CCN1CCc2nc(-c3cccc(-c4cccc(-c5nc6cc(CN7CC[C@@H](C(=O)O)C7)cc(Cl)c6o5)c4C)c3C)sc2C1. The molecule has 2 aromatic heterocycles. The highest BCUT2D eigenvalue weighted by Gasteiger charge is 2.28. The summed E-state index contributed by atoms with van der Waals surface area (Å²) in [4.78, 5) is 27.4. The van der Waals surface area contributed by atoms with Gasteiger partial charge in [0, 0.05) is 48.6 Å². The predicted octanol–water partition coefficient (Wildman–Crippen LogP) is 7.84. The minimum Gasteiger partial charge on any atom is -0.481 e. The fourth-order valence-corrected chi connectivity index (χ4v) is 8.15. The molecule has 0 bridgehead atoms. The number of halogens is 1. The average molecular weight is 627 g/mol. The highest BCUT2D eigenvalue weighted by Crippen LogP contribution is 2.40. The van der Waals surface area contributed by atoms with Crippen LogP contribution in [-0.2, 0) is 24.3 Å². The van der Waals surface area contributed by atoms with Gasteiger partial charge in [-0.15, -0.1) is 11.3 Å². The molecule has 0 spiro atoms. The van der Waals surface area contributed by atoms with Crippen molar-refractivity contribution in [1.29, 1.82) is 0 Å². The van der Waals surface area contributed by atoms with Crippen molar-refractivity contribution in [1.82, 2.24) is 19.8 Å². The second-order valence-corrected chi connectivity index (χ2v) is 13.5. The molecule has 7 rings (SSSR count). The molecule has 0 amide bonds. The first kappa shape index (κ1) is 29.2. The first-order valence-corrected chi connectivity index (χ1v) is 16.4. The molecule has 226 valence electrons. The van der Waals surface area contributed by atoms with E-state index in [4.69, 9.17) is 26.0 Å². The molecule has 1 N–H and O–H groups in total. The van der Waals surface area contributed by atoms with Crippen LogP contribution in [0.4, 0.5) is 0 Å². The Morgan fingerprint density at radius 2 is 1.75 bits per heavy atom. The van der Waals surface area contributed by atoms with Gasteiger partial charge in [0.2, 0.25) is 5.89 Å². The van der Waals surface area contributed by atoms with Crippen LogP contribution in [0.2, 0.25) is 5.02 Å². The Balaban J connectivity index is 1.20. The number of aliphatic carboxylic acids is 1. The lowest BCUT2D eigenvalue weighted by Gasteiger charge is -2.23. The van der Waals surface area contributed by atoms with E-state index in [1.807, 2.05) is 29.5 Å². The number of rotatable bonds is 7. The van der Waals surface area contributed by atoms with Gasteiger partial charge in [-0.05, 0) is 79.4 Å². The molecule has 7 nitrogen and oxygen atoms in total. The average Bonchev–Trinajstić information content (AvgIpc) is 3.76. The number of thiazole rings is 1. The zero-order chi connectivity index (χ0) is 30.5. The molecule has 5 aromatic rings. The predicted molar refractivity (Wildman–Crippen MR) is 176 cm³/mol. The van der Waals surface area contributed by atoms with E-state index >= 15 is 0 Å². The van der Waals surface area contributed by atoms with Gasteiger partial charge in [0.05, 0.1) is 16.6 Å². The van der Waals surface area contributed by atoms with Crippen LogP contribution in [-0.4, -0.2) is 57.0 Å². The fraction of sp³-hybridized carbons (Fsp3) is 0.343. The number of oxazole rings is 1. The number of nitrogens with zero attached hydrogens (tertiary/aromatic N) is 4. The van der Waals surface area contributed by atoms with Crippen molar-refractivity contribution in [2.24, 2.45) is 5.92 Å². The number of hydrogen-bond acceptors (Lipinski definition) is 7. The lowest BCUT2D eigenvalue weighted by atomic mass is 9.91. The summed E-state index contributed by atoms with van der Waals surface area (Å²) in [7, 11) is 0. The quantitative estimate of drug-likeness (QED) is 0.197. The number of hydrogen-bond donors (Lipinski definition) is 1. The molecule has 9 heteroatoms. The van der Waals surface area contributed by atoms with E-state index in [1.165, 1.54) is 27.3 Å². The highest BCUT2D eigenvalue weighted by molar-refractivity contribution is 7.15. The van der Waals surface area contributed by atoms with Crippen LogP contribution in [0, 0.1) is 19.8 Å². The number of benzene rings is 3. The largest absolute Gasteiger partial charge is 0.481 e. The lowest BCUT2D eigenvalue weighted by molar-refractivity contribution is -0.141. The van der Waals surface area contributed by atoms with Crippen LogP contribution in [0.15, 0.2) is 52.9 Å². The molecule has 1 fully saturated rings. The van der Waals surface area contributed by atoms with Gasteiger partial charge in [0.15, 0.2) is 5.58 Å². The molecule has 3 aromatic carbocycles. The number of carboxylic acids is 1. The zero-order valence-electron chi connectivity index (χ0n) is 25.2. The molecule has 1 atom stereocenters. The Kier molecular flexibility index (Phi) is 7.79. The zero-order valence-corrected chi connectivity index (χ0v) is 26.8. The molecule has 0 saturated carbocycles. The van der Waals surface area contributed by atoms with E-state index in [0.717, 1.165) is 59.9 Å². The van der Waals surface area contributed by atoms with Gasteiger partial charge < -0.3 is 9.52 Å². The summed E-state index contributed by atoms with van der Waals surface area (Å²) >= 11 is 8.52. The molecule has 1 saturated heterocycles. The summed E-state index contributed by atoms with van der Waals surface area (Å²) in [6, 6.07) is 16.7. The summed E-state index contributed by atoms with van der Waals surface area (Å²) in [5.74, 6) is -0.509. The molecular formula is C35H35ClN4O3S. The van der Waals surface area contributed by atoms with E-state index in [-0.39, 0.29) is 5.92 Å². The van der Waals surface area contributed by atoms with Crippen LogP contribution < -0.4 is 0 Å². The molecular weight excluding hydrogens is 592 g/mol. The van der Waals surface area contributed by atoms with Gasteiger partial charge in [-0.3, -0.25) is 14.6 Å². The third-order valence-corrected chi connectivity index (χ3v) is 10.6. The molecule has 0 unspecified atom stereocenters. The Bertz CT molecular complexity index is 1900. The smallest absolute Gasteiger partial charge is 0.307 e. The van der Waals surface area contributed by atoms with Crippen LogP contribution in [0.3, 0.4) is 0 Å². The second-order valence-electron chi connectivity index (χ2n) is 12.0. The van der Waals surface area contributed by atoms with Crippen LogP contribution in [0.5, 0.6) is 0 Å². The van der Waals surface area contributed by atoms with Crippen molar-refractivity contribution in [2.45, 2.75) is 46.7 Å². The van der Waals surface area contributed by atoms with Crippen molar-refractivity contribution in [3.8, 4) is 33.2 Å². The van der Waals surface area contributed by atoms with Gasteiger partial charge in [0.25, 0.3) is 0 Å². The summed E-state index contributed by atoms with van der Waals surface area (Å²) in [6.45, 7) is 11.6. The maximum atomic E-state index is 11.4. The van der Waals surface area contributed by atoms with Crippen molar-refractivity contribution >= 4 is 40.0 Å². The van der Waals surface area contributed by atoms with Crippen molar-refractivity contribution in [3.05, 3.63) is 80.8 Å². The number of likely N-dealkylation sites (N-methyl/N-ethyl adjacent to an activating group) is 1. The number of fused-ring (bicyclic) bond motifs is 2. The molecule has 2 aliphatic heterocycles. The number of carbonyl (C=O) groups is 1. The van der Waals surface area contributed by atoms with Gasteiger partial charge in [0.1, 0.15) is 10.5 Å². The maximum absolute atomic E-state index is 11.4. The first-order chi connectivity index (χ1) is 21.3. The van der Waals surface area contributed by atoms with Crippen LogP contribution in [0.25, 0.3) is 44.3 Å². The Morgan fingerprint density at radius 3 is 2.48 bits per heavy atom. The van der Waals surface area contributed by atoms with E-state index in [1.54, 1.807) is 0 Å². The normalized spacial score (nSPS) is 17.4. The summed E-state index contributed by atoms with van der Waals surface area (Å²) in [5.41, 5.74) is 10.2. The number of carboxylic acid groups (broad SMARTS) is 1. The minimum atomic E-state index is -0.730. The Morgan fingerprint density at radius 1 is 1.02 bits per heavy atom. The number of aromatic nitrogens is 2. The molecule has 0 radical (unpaired) electrons. The summed E-state index contributed by atoms with van der Waals surface area (Å²) < 4.78 is 6.27. The monoisotopic (exact) mass is 626 g/mol. The van der Waals surface area contributed by atoms with E-state index in [2.05, 4.69) is 60.9 Å². The lowest BCUT2D eigenvalue weighted by Crippen LogP contribution is -2.29. The van der Waals surface area contributed by atoms with Crippen LogP contribution in [0.1, 0.15) is 40.6 Å². The standard InChI is InChI=1S/C35H35ClN4O3S/c1-4-39-14-12-29-31(19-39)44-34(38-29)27-10-6-8-25(21(27)3)24-7-5-9-26(20(24)2)33-37-30-16-22(15-28(36)32(30)43-33)17-40-13-11-23(18-40)35(41)42/h5-10,15-16,23H,4,11-14,17-19H2,1-3H3,(H,41,42)/t23-/m1/s1. The van der Waals surface area contributed by atoms with Gasteiger partial charge in [-0.2, -0.15) is 0 Å². The summed E-state index contributed by atoms with van der Waals surface area (Å²) in [6.07, 6.45) is 1.68. The van der Waals surface area contributed by atoms with E-state index in [0.29, 0.717) is 41.5 Å². The summed E-state index contributed by atoms with van der Waals surface area (Å²) in [5, 5.41) is 11.0. The van der Waals surface area contributed by atoms with Crippen molar-refractivity contribution in [3.63, 3.8) is 0 Å². The molecule has 0 aliphatic carbocycles. The van der Waals surface area contributed by atoms with Gasteiger partial charge >= 0.3 is 5.97 Å². The van der Waals surface area contributed by atoms with Crippen LogP contribution >= 0.6 is 22.9 Å². The Hall–Kier alpha value is -3.56. The molecule has 2 aliphatic rings. The molecule has 44 heavy (non-hydrogen) atoms. The Labute approximate surface area is 266 Å². The van der Waals surface area contributed by atoms with E-state index in [9.17, 15) is 9.90 Å².